The number of nitrogen functional groups attached to an aromatic ring is 1. The number of nitrogens with one attached hydrogen (secondary N) is 1. The maximum atomic E-state index is 12.4. The van der Waals surface area contributed by atoms with Crippen molar-refractivity contribution in [2.24, 2.45) is 5.84 Å². The van der Waals surface area contributed by atoms with E-state index in [9.17, 15) is 4.79 Å². The molecule has 1 aromatic carbocycles. The van der Waals surface area contributed by atoms with Crippen molar-refractivity contribution in [3.63, 3.8) is 0 Å². The predicted octanol–water partition coefficient (Wildman–Crippen LogP) is 3.40. The highest BCUT2D eigenvalue weighted by Gasteiger charge is 2.37. The van der Waals surface area contributed by atoms with Crippen LogP contribution in [0.2, 0.25) is 18.1 Å². The Labute approximate surface area is 168 Å². The molecule has 7 nitrogen and oxygen atoms in total. The van der Waals surface area contributed by atoms with Crippen LogP contribution in [0.3, 0.4) is 0 Å². The number of carbonyl (C=O) groups excluding carboxylic acids is 1. The SMILES string of the molecule is Cc1nn(CCO[Si](C)(C)C(C)(C)C)c(C(=O)NN)c1OCc1ccccc1. The Balaban J connectivity index is 2.17. The highest BCUT2D eigenvalue weighted by atomic mass is 28.4. The first kappa shape index (κ1) is 22.1. The number of carbonyl (C=O) groups is 1. The van der Waals surface area contributed by atoms with Gasteiger partial charge in [-0.15, -0.1) is 0 Å². The fourth-order valence-electron chi connectivity index (χ4n) is 2.52. The van der Waals surface area contributed by atoms with E-state index < -0.39 is 14.2 Å². The summed E-state index contributed by atoms with van der Waals surface area (Å²) < 4.78 is 13.8. The quantitative estimate of drug-likeness (QED) is 0.304. The van der Waals surface area contributed by atoms with E-state index in [-0.39, 0.29) is 5.04 Å². The largest absolute Gasteiger partial charge is 0.484 e. The highest BCUT2D eigenvalue weighted by molar-refractivity contribution is 6.74. The van der Waals surface area contributed by atoms with Gasteiger partial charge in [-0.25, -0.2) is 5.84 Å². The van der Waals surface area contributed by atoms with Crippen LogP contribution in [0.15, 0.2) is 30.3 Å². The molecule has 154 valence electrons. The van der Waals surface area contributed by atoms with Crippen LogP contribution in [0, 0.1) is 6.92 Å². The van der Waals surface area contributed by atoms with Crippen LogP contribution < -0.4 is 16.0 Å². The minimum Gasteiger partial charge on any atom is -0.484 e. The van der Waals surface area contributed by atoms with Crippen molar-refractivity contribution in [2.45, 2.75) is 59.0 Å². The first-order valence-electron chi connectivity index (χ1n) is 9.46. The van der Waals surface area contributed by atoms with Gasteiger partial charge >= 0.3 is 0 Å². The van der Waals surface area contributed by atoms with E-state index in [1.807, 2.05) is 37.3 Å². The lowest BCUT2D eigenvalue weighted by Gasteiger charge is -2.36. The second-order valence-corrected chi connectivity index (χ2v) is 13.2. The molecular weight excluding hydrogens is 372 g/mol. The van der Waals surface area contributed by atoms with Crippen LogP contribution in [-0.4, -0.2) is 30.6 Å². The van der Waals surface area contributed by atoms with Gasteiger partial charge in [-0.2, -0.15) is 5.10 Å². The van der Waals surface area contributed by atoms with E-state index in [1.54, 1.807) is 4.68 Å². The lowest BCUT2D eigenvalue weighted by molar-refractivity contribution is 0.0936. The molecule has 0 unspecified atom stereocenters. The summed E-state index contributed by atoms with van der Waals surface area (Å²) in [6, 6.07) is 9.77. The maximum absolute atomic E-state index is 12.4. The Morgan fingerprint density at radius 3 is 2.46 bits per heavy atom. The number of nitrogens with zero attached hydrogens (tertiary/aromatic N) is 2. The average molecular weight is 405 g/mol. The molecular formula is C20H32N4O3Si. The van der Waals surface area contributed by atoms with Crippen LogP contribution in [0.25, 0.3) is 0 Å². The zero-order chi connectivity index (χ0) is 20.9. The van der Waals surface area contributed by atoms with Crippen molar-refractivity contribution in [3.8, 4) is 5.75 Å². The van der Waals surface area contributed by atoms with Crippen LogP contribution >= 0.6 is 0 Å². The van der Waals surface area contributed by atoms with Gasteiger partial charge in [0.1, 0.15) is 12.3 Å². The van der Waals surface area contributed by atoms with Crippen LogP contribution in [0.1, 0.15) is 42.5 Å². The fourth-order valence-corrected chi connectivity index (χ4v) is 3.56. The first-order valence-corrected chi connectivity index (χ1v) is 12.4. The van der Waals surface area contributed by atoms with E-state index in [1.165, 1.54) is 0 Å². The zero-order valence-electron chi connectivity index (χ0n) is 17.7. The molecule has 1 heterocycles. The standard InChI is InChI=1S/C20H32N4O3Si/c1-15-18(26-14-16-10-8-7-9-11-16)17(19(25)22-21)24(23-15)12-13-27-28(5,6)20(2,3)4/h7-11H,12-14,21H2,1-6H3,(H,22,25). The van der Waals surface area contributed by atoms with Gasteiger partial charge in [0.05, 0.1) is 13.2 Å². The smallest absolute Gasteiger partial charge is 0.287 e. The number of aryl methyl sites for hydroxylation is 1. The molecule has 3 N–H and O–H groups in total. The number of amides is 1. The van der Waals surface area contributed by atoms with Gasteiger partial charge in [0, 0.05) is 0 Å². The predicted molar refractivity (Wildman–Crippen MR) is 113 cm³/mol. The van der Waals surface area contributed by atoms with Crippen LogP contribution in [0.4, 0.5) is 0 Å². The second-order valence-electron chi connectivity index (χ2n) is 8.34. The number of hydrogen-bond donors (Lipinski definition) is 2. The number of aromatic nitrogens is 2. The van der Waals surface area contributed by atoms with Crippen molar-refractivity contribution in [2.75, 3.05) is 6.61 Å². The van der Waals surface area contributed by atoms with E-state index >= 15 is 0 Å². The van der Waals surface area contributed by atoms with Gasteiger partial charge in [-0.05, 0) is 30.6 Å². The monoisotopic (exact) mass is 404 g/mol. The lowest BCUT2D eigenvalue weighted by Crippen LogP contribution is -2.41. The number of rotatable bonds is 8. The summed E-state index contributed by atoms with van der Waals surface area (Å²) in [5.41, 5.74) is 4.16. The number of ether oxygens (including phenoxy) is 1. The summed E-state index contributed by atoms with van der Waals surface area (Å²) >= 11 is 0. The summed E-state index contributed by atoms with van der Waals surface area (Å²) in [6.45, 7) is 14.1. The average Bonchev–Trinajstić information content (AvgIpc) is 2.94. The third-order valence-electron chi connectivity index (χ3n) is 5.22. The highest BCUT2D eigenvalue weighted by Crippen LogP contribution is 2.36. The Bertz CT molecular complexity index is 798. The minimum atomic E-state index is -1.88. The molecule has 2 rings (SSSR count). The molecule has 0 radical (unpaired) electrons. The van der Waals surface area contributed by atoms with Gasteiger partial charge in [-0.1, -0.05) is 51.1 Å². The van der Waals surface area contributed by atoms with E-state index in [2.05, 4.69) is 44.4 Å². The number of nitrogens with two attached hydrogens (primary N) is 1. The van der Waals surface area contributed by atoms with E-state index in [0.717, 1.165) is 5.56 Å². The number of hydrazine groups is 1. The number of benzene rings is 1. The normalized spacial score (nSPS) is 12.1. The summed E-state index contributed by atoms with van der Waals surface area (Å²) in [5, 5.41) is 4.60. The molecule has 1 amide bonds. The molecule has 28 heavy (non-hydrogen) atoms. The first-order chi connectivity index (χ1) is 13.1. The Morgan fingerprint density at radius 1 is 1.25 bits per heavy atom. The second kappa shape index (κ2) is 8.89. The number of hydrogen-bond acceptors (Lipinski definition) is 5. The zero-order valence-corrected chi connectivity index (χ0v) is 18.7. The third-order valence-corrected chi connectivity index (χ3v) is 9.76. The molecule has 0 saturated heterocycles. The molecule has 0 atom stereocenters. The van der Waals surface area contributed by atoms with E-state index in [0.29, 0.717) is 36.9 Å². The summed E-state index contributed by atoms with van der Waals surface area (Å²) in [6.07, 6.45) is 0. The maximum Gasteiger partial charge on any atom is 0.287 e. The molecule has 0 saturated carbocycles. The minimum absolute atomic E-state index is 0.119. The van der Waals surface area contributed by atoms with Gasteiger partial charge in [0.15, 0.2) is 19.8 Å². The van der Waals surface area contributed by atoms with Gasteiger partial charge in [0.25, 0.3) is 5.91 Å². The van der Waals surface area contributed by atoms with E-state index in [4.69, 9.17) is 15.0 Å². The molecule has 0 aliphatic heterocycles. The van der Waals surface area contributed by atoms with Crippen LogP contribution in [0.5, 0.6) is 5.75 Å². The summed E-state index contributed by atoms with van der Waals surface area (Å²) in [4.78, 5) is 12.4. The third kappa shape index (κ3) is 5.21. The summed E-state index contributed by atoms with van der Waals surface area (Å²) in [5.74, 6) is 5.40. The van der Waals surface area contributed by atoms with Crippen molar-refractivity contribution >= 4 is 14.2 Å². The fraction of sp³-hybridized carbons (Fsp3) is 0.500. The summed E-state index contributed by atoms with van der Waals surface area (Å²) in [7, 11) is -1.88. The van der Waals surface area contributed by atoms with Crippen molar-refractivity contribution in [1.82, 2.24) is 15.2 Å². The van der Waals surface area contributed by atoms with Crippen molar-refractivity contribution < 1.29 is 14.0 Å². The molecule has 0 aliphatic rings. The van der Waals surface area contributed by atoms with Crippen molar-refractivity contribution in [1.29, 1.82) is 0 Å². The molecule has 0 spiro atoms. The van der Waals surface area contributed by atoms with Gasteiger partial charge in [0.2, 0.25) is 0 Å². The molecule has 0 aliphatic carbocycles. The molecule has 0 bridgehead atoms. The van der Waals surface area contributed by atoms with Crippen molar-refractivity contribution in [3.05, 3.63) is 47.3 Å². The molecule has 0 fully saturated rings. The Morgan fingerprint density at radius 2 is 1.89 bits per heavy atom. The topological polar surface area (TPSA) is 91.4 Å². The van der Waals surface area contributed by atoms with Crippen LogP contribution in [-0.2, 0) is 17.6 Å². The molecule has 1 aromatic heterocycles. The van der Waals surface area contributed by atoms with Gasteiger partial charge < -0.3 is 9.16 Å². The van der Waals surface area contributed by atoms with Gasteiger partial charge in [-0.3, -0.25) is 14.9 Å². The molecule has 2 aromatic rings. The Hall–Kier alpha value is -2.16. The lowest BCUT2D eigenvalue weighted by atomic mass is 10.2. The Kier molecular flexibility index (Phi) is 7.03. The molecule has 8 heteroatoms.